The number of carbonyl (C=O) groups is 1. The molecule has 2 aromatic heterocycles. The van der Waals surface area contributed by atoms with Gasteiger partial charge in [0.2, 0.25) is 5.91 Å². The largest absolute Gasteiger partial charge is 0.352 e. The predicted octanol–water partition coefficient (Wildman–Crippen LogP) is 2.33. The van der Waals surface area contributed by atoms with Crippen LogP contribution >= 0.6 is 24.8 Å². The van der Waals surface area contributed by atoms with Gasteiger partial charge in [0, 0.05) is 30.4 Å². The van der Waals surface area contributed by atoms with E-state index in [0.717, 1.165) is 22.8 Å². The van der Waals surface area contributed by atoms with Crippen LogP contribution in [0.4, 0.5) is 0 Å². The molecule has 2 rings (SSSR count). The van der Waals surface area contributed by atoms with Crippen LogP contribution in [0.25, 0.3) is 5.82 Å². The average Bonchev–Trinajstić information content (AvgIpc) is 2.83. The third kappa shape index (κ3) is 5.47. The van der Waals surface area contributed by atoms with Gasteiger partial charge in [-0.05, 0) is 38.5 Å². The van der Waals surface area contributed by atoms with Gasteiger partial charge in [0.25, 0.3) is 0 Å². The summed E-state index contributed by atoms with van der Waals surface area (Å²) in [5, 5.41) is 7.27. The van der Waals surface area contributed by atoms with E-state index in [2.05, 4.69) is 15.4 Å². The minimum Gasteiger partial charge on any atom is -0.352 e. The Balaban J connectivity index is 0.00000264. The summed E-state index contributed by atoms with van der Waals surface area (Å²) >= 11 is 0. The highest BCUT2D eigenvalue weighted by Gasteiger charge is 2.16. The number of nitrogens with one attached hydrogen (secondary N) is 1. The quantitative estimate of drug-likeness (QED) is 0.841. The van der Waals surface area contributed by atoms with E-state index in [1.807, 2.05) is 45.9 Å². The SMILES string of the molecule is Cc1cc(C)n(-c2ccc(CNC(=O)C(C)C(C)N)cn2)n1.Cl.Cl. The molecule has 8 heteroatoms. The van der Waals surface area contributed by atoms with Crippen LogP contribution in [0.5, 0.6) is 0 Å². The van der Waals surface area contributed by atoms with Crippen LogP contribution in [0.15, 0.2) is 24.4 Å². The lowest BCUT2D eigenvalue weighted by Gasteiger charge is -2.15. The molecule has 6 nitrogen and oxygen atoms in total. The molecule has 2 heterocycles. The molecule has 0 aliphatic carbocycles. The van der Waals surface area contributed by atoms with Crippen LogP contribution in [-0.4, -0.2) is 26.7 Å². The fourth-order valence-electron chi connectivity index (χ4n) is 2.10. The van der Waals surface area contributed by atoms with Crippen molar-refractivity contribution in [1.29, 1.82) is 0 Å². The van der Waals surface area contributed by atoms with E-state index in [1.165, 1.54) is 0 Å². The molecular formula is C16H25Cl2N5O. The van der Waals surface area contributed by atoms with Gasteiger partial charge >= 0.3 is 0 Å². The van der Waals surface area contributed by atoms with Gasteiger partial charge in [-0.15, -0.1) is 24.8 Å². The Kier molecular flexibility index (Phi) is 8.96. The van der Waals surface area contributed by atoms with Crippen molar-refractivity contribution in [3.05, 3.63) is 41.3 Å². The number of nitrogens with two attached hydrogens (primary N) is 1. The average molecular weight is 374 g/mol. The van der Waals surface area contributed by atoms with Gasteiger partial charge in [-0.2, -0.15) is 5.10 Å². The Morgan fingerprint density at radius 2 is 1.96 bits per heavy atom. The summed E-state index contributed by atoms with van der Waals surface area (Å²) in [6, 6.07) is 5.68. The zero-order chi connectivity index (χ0) is 16.3. The first kappa shape index (κ1) is 22.4. The molecule has 2 unspecified atom stereocenters. The zero-order valence-corrected chi connectivity index (χ0v) is 15.9. The van der Waals surface area contributed by atoms with E-state index in [0.29, 0.717) is 6.54 Å². The molecule has 1 amide bonds. The fraction of sp³-hybridized carbons (Fsp3) is 0.438. The standard InChI is InChI=1S/C16H23N5O.2ClH/c1-10-7-11(2)21(20-10)15-6-5-14(8-18-15)9-19-16(22)12(3)13(4)17;;/h5-8,12-13H,9,17H2,1-4H3,(H,19,22);2*1H. The molecule has 0 spiro atoms. The summed E-state index contributed by atoms with van der Waals surface area (Å²) in [7, 11) is 0. The Morgan fingerprint density at radius 1 is 1.29 bits per heavy atom. The first-order valence-electron chi connectivity index (χ1n) is 7.40. The van der Waals surface area contributed by atoms with Gasteiger partial charge < -0.3 is 11.1 Å². The van der Waals surface area contributed by atoms with E-state index in [-0.39, 0.29) is 42.7 Å². The number of carbonyl (C=O) groups excluding carboxylic acids is 1. The number of pyridine rings is 1. The Labute approximate surface area is 155 Å². The van der Waals surface area contributed by atoms with Crippen LogP contribution in [-0.2, 0) is 11.3 Å². The normalized spacial score (nSPS) is 12.5. The summed E-state index contributed by atoms with van der Waals surface area (Å²) in [4.78, 5) is 16.3. The highest BCUT2D eigenvalue weighted by atomic mass is 35.5. The molecule has 2 aromatic rings. The summed E-state index contributed by atoms with van der Waals surface area (Å²) in [5.41, 5.74) is 8.66. The van der Waals surface area contributed by atoms with Gasteiger partial charge in [0.1, 0.15) is 0 Å². The summed E-state index contributed by atoms with van der Waals surface area (Å²) in [6.07, 6.45) is 1.75. The van der Waals surface area contributed by atoms with E-state index < -0.39 is 0 Å². The second kappa shape index (κ2) is 9.61. The van der Waals surface area contributed by atoms with E-state index >= 15 is 0 Å². The maximum atomic E-state index is 11.9. The van der Waals surface area contributed by atoms with Crippen LogP contribution in [0.2, 0.25) is 0 Å². The maximum absolute atomic E-state index is 11.9. The first-order chi connectivity index (χ1) is 10.4. The molecule has 134 valence electrons. The van der Waals surface area contributed by atoms with Crippen molar-refractivity contribution in [1.82, 2.24) is 20.1 Å². The molecule has 0 saturated carbocycles. The van der Waals surface area contributed by atoms with Gasteiger partial charge in [0.15, 0.2) is 5.82 Å². The number of hydrogen-bond donors (Lipinski definition) is 2. The van der Waals surface area contributed by atoms with Crippen LogP contribution in [0, 0.1) is 19.8 Å². The lowest BCUT2D eigenvalue weighted by atomic mass is 10.0. The third-order valence-corrected chi connectivity index (χ3v) is 3.70. The minimum atomic E-state index is -0.207. The van der Waals surface area contributed by atoms with Crippen molar-refractivity contribution in [2.24, 2.45) is 11.7 Å². The van der Waals surface area contributed by atoms with Gasteiger partial charge in [0.05, 0.1) is 5.69 Å². The second-order valence-corrected chi connectivity index (χ2v) is 5.73. The van der Waals surface area contributed by atoms with Crippen molar-refractivity contribution < 1.29 is 4.79 Å². The van der Waals surface area contributed by atoms with Gasteiger partial charge in [-0.3, -0.25) is 4.79 Å². The van der Waals surface area contributed by atoms with E-state index in [9.17, 15) is 4.79 Å². The topological polar surface area (TPSA) is 85.8 Å². The van der Waals surface area contributed by atoms with Crippen molar-refractivity contribution in [2.45, 2.75) is 40.3 Å². The smallest absolute Gasteiger partial charge is 0.224 e. The van der Waals surface area contributed by atoms with Crippen molar-refractivity contribution in [2.75, 3.05) is 0 Å². The predicted molar refractivity (Wildman–Crippen MR) is 100.0 cm³/mol. The van der Waals surface area contributed by atoms with Crippen molar-refractivity contribution >= 4 is 30.7 Å². The Hall–Kier alpha value is -1.63. The number of amides is 1. The monoisotopic (exact) mass is 373 g/mol. The van der Waals surface area contributed by atoms with Crippen LogP contribution < -0.4 is 11.1 Å². The van der Waals surface area contributed by atoms with Gasteiger partial charge in [-0.1, -0.05) is 13.0 Å². The Morgan fingerprint density at radius 3 is 2.42 bits per heavy atom. The molecule has 0 fully saturated rings. The molecule has 0 bridgehead atoms. The molecule has 24 heavy (non-hydrogen) atoms. The van der Waals surface area contributed by atoms with Crippen LogP contribution in [0.1, 0.15) is 30.8 Å². The fourth-order valence-corrected chi connectivity index (χ4v) is 2.10. The molecule has 2 atom stereocenters. The summed E-state index contributed by atoms with van der Waals surface area (Å²) < 4.78 is 1.80. The summed E-state index contributed by atoms with van der Waals surface area (Å²) in [5.74, 6) is 0.518. The number of aryl methyl sites for hydroxylation is 2. The third-order valence-electron chi connectivity index (χ3n) is 3.70. The van der Waals surface area contributed by atoms with E-state index in [4.69, 9.17) is 5.73 Å². The zero-order valence-electron chi connectivity index (χ0n) is 14.3. The summed E-state index contributed by atoms with van der Waals surface area (Å²) in [6.45, 7) is 8.04. The molecule has 0 aliphatic heterocycles. The highest BCUT2D eigenvalue weighted by molar-refractivity contribution is 5.85. The number of halogens is 2. The lowest BCUT2D eigenvalue weighted by Crippen LogP contribution is -2.38. The number of rotatable bonds is 5. The molecular weight excluding hydrogens is 349 g/mol. The van der Waals surface area contributed by atoms with Crippen LogP contribution in [0.3, 0.4) is 0 Å². The molecule has 3 N–H and O–H groups in total. The van der Waals surface area contributed by atoms with Crippen molar-refractivity contribution in [3.8, 4) is 5.82 Å². The molecule has 0 saturated heterocycles. The Bertz CT molecular complexity index is 655. The highest BCUT2D eigenvalue weighted by Crippen LogP contribution is 2.10. The number of hydrogen-bond acceptors (Lipinski definition) is 4. The second-order valence-electron chi connectivity index (χ2n) is 5.73. The lowest BCUT2D eigenvalue weighted by molar-refractivity contribution is -0.125. The van der Waals surface area contributed by atoms with E-state index in [1.54, 1.807) is 10.9 Å². The number of aromatic nitrogens is 3. The van der Waals surface area contributed by atoms with Gasteiger partial charge in [-0.25, -0.2) is 9.67 Å². The molecule has 0 aliphatic rings. The molecule has 0 radical (unpaired) electrons. The molecule has 0 aromatic carbocycles. The minimum absolute atomic E-state index is 0. The maximum Gasteiger partial charge on any atom is 0.224 e. The van der Waals surface area contributed by atoms with Crippen molar-refractivity contribution in [3.63, 3.8) is 0 Å². The number of nitrogens with zero attached hydrogens (tertiary/aromatic N) is 3. The first-order valence-corrected chi connectivity index (χ1v) is 7.40.